The third-order valence-electron chi connectivity index (χ3n) is 5.84. The molecular weight excluding hydrogens is 420 g/mol. The van der Waals surface area contributed by atoms with Crippen LogP contribution < -0.4 is 10.2 Å². The molecule has 1 aliphatic rings. The third-order valence-corrected chi connectivity index (χ3v) is 5.84. The molecule has 2 aromatic carbocycles. The highest BCUT2D eigenvalue weighted by Crippen LogP contribution is 2.34. The Hall–Kier alpha value is -4.40. The van der Waals surface area contributed by atoms with Gasteiger partial charge < -0.3 is 15.6 Å². The van der Waals surface area contributed by atoms with Gasteiger partial charge in [-0.1, -0.05) is 23.4 Å². The summed E-state index contributed by atoms with van der Waals surface area (Å²) >= 11 is 0. The Labute approximate surface area is 189 Å². The molecule has 0 aliphatic heterocycles. The molecule has 0 saturated carbocycles. The first kappa shape index (κ1) is 20.5. The van der Waals surface area contributed by atoms with E-state index in [9.17, 15) is 15.1 Å². The van der Waals surface area contributed by atoms with Gasteiger partial charge in [-0.05, 0) is 49.6 Å². The van der Waals surface area contributed by atoms with Gasteiger partial charge in [0.1, 0.15) is 11.5 Å². The Morgan fingerprint density at radius 3 is 2.91 bits per heavy atom. The number of imidazole rings is 1. The quantitative estimate of drug-likeness (QED) is 0.303. The number of fused-ring (bicyclic) bond motifs is 2. The minimum Gasteiger partial charge on any atom is -0.465 e. The molecule has 2 heterocycles. The van der Waals surface area contributed by atoms with Crippen molar-refractivity contribution in [3.05, 3.63) is 72.2 Å². The smallest absolute Gasteiger partial charge is 0.411 e. The second kappa shape index (κ2) is 8.27. The Kier molecular flexibility index (Phi) is 5.14. The first-order valence-corrected chi connectivity index (χ1v) is 10.6. The van der Waals surface area contributed by atoms with E-state index in [2.05, 4.69) is 21.5 Å². The molecule has 0 atom stereocenters. The third kappa shape index (κ3) is 3.63. The Morgan fingerprint density at radius 2 is 2.12 bits per heavy atom. The van der Waals surface area contributed by atoms with Gasteiger partial charge >= 0.3 is 6.09 Å². The predicted molar refractivity (Wildman–Crippen MR) is 126 cm³/mol. The number of aromatic nitrogens is 3. The second-order valence-electron chi connectivity index (χ2n) is 7.73. The summed E-state index contributed by atoms with van der Waals surface area (Å²) in [6.45, 7) is 2.14. The number of hydrogen-bond donors (Lipinski definition) is 3. The van der Waals surface area contributed by atoms with Gasteiger partial charge in [-0.3, -0.25) is 14.3 Å². The molecule has 0 fully saturated rings. The van der Waals surface area contributed by atoms with Crippen LogP contribution in [0.1, 0.15) is 24.5 Å². The molecule has 0 saturated heterocycles. The zero-order valence-electron chi connectivity index (χ0n) is 17.9. The molecule has 5 rings (SSSR count). The molecule has 9 heteroatoms. The van der Waals surface area contributed by atoms with Crippen LogP contribution in [0.4, 0.5) is 22.0 Å². The molecule has 9 nitrogen and oxygen atoms in total. The monoisotopic (exact) mass is 442 g/mol. The van der Waals surface area contributed by atoms with Gasteiger partial charge in [0.15, 0.2) is 5.65 Å². The summed E-state index contributed by atoms with van der Waals surface area (Å²) in [5, 5.41) is 25.6. The topological polar surface area (TPSA) is 115 Å². The molecule has 33 heavy (non-hydrogen) atoms. The van der Waals surface area contributed by atoms with Crippen LogP contribution in [-0.4, -0.2) is 43.0 Å². The van der Waals surface area contributed by atoms with E-state index < -0.39 is 6.09 Å². The maximum Gasteiger partial charge on any atom is 0.411 e. The molecule has 166 valence electrons. The summed E-state index contributed by atoms with van der Waals surface area (Å²) < 4.78 is 1.91. The first-order chi connectivity index (χ1) is 16.1. The minimum absolute atomic E-state index is 0.341. The number of aryl methyl sites for hydroxylation is 1. The molecule has 0 spiro atoms. The minimum atomic E-state index is -1.00. The molecular formula is C24H22N6O3. The van der Waals surface area contributed by atoms with Crippen LogP contribution in [0.15, 0.2) is 66.2 Å². The van der Waals surface area contributed by atoms with E-state index in [0.717, 1.165) is 34.6 Å². The van der Waals surface area contributed by atoms with Crippen molar-refractivity contribution in [3.63, 3.8) is 0 Å². The number of nitrogens with zero attached hydrogens (tertiary/aromatic N) is 5. The lowest BCUT2D eigenvalue weighted by molar-refractivity contribution is 0.202. The van der Waals surface area contributed by atoms with Gasteiger partial charge in [0, 0.05) is 41.4 Å². The van der Waals surface area contributed by atoms with Crippen molar-refractivity contribution in [2.45, 2.75) is 19.8 Å². The number of carbonyl (C=O) groups is 1. The van der Waals surface area contributed by atoms with Crippen LogP contribution in [0.5, 0.6) is 0 Å². The van der Waals surface area contributed by atoms with Crippen LogP contribution in [0.2, 0.25) is 0 Å². The largest absolute Gasteiger partial charge is 0.465 e. The molecule has 1 aliphatic carbocycles. The summed E-state index contributed by atoms with van der Waals surface area (Å²) in [7, 11) is 0. The van der Waals surface area contributed by atoms with Crippen LogP contribution >= 0.6 is 0 Å². The fraction of sp³-hybridized carbons (Fsp3) is 0.167. The highest BCUT2D eigenvalue weighted by molar-refractivity contribution is 6.04. The van der Waals surface area contributed by atoms with E-state index in [0.29, 0.717) is 35.7 Å². The summed E-state index contributed by atoms with van der Waals surface area (Å²) in [6, 6.07) is 13.3. The zero-order valence-corrected chi connectivity index (χ0v) is 17.9. The van der Waals surface area contributed by atoms with Gasteiger partial charge in [-0.15, -0.1) is 0 Å². The highest BCUT2D eigenvalue weighted by atomic mass is 16.4. The molecule has 4 aromatic rings. The van der Waals surface area contributed by atoms with E-state index >= 15 is 0 Å². The van der Waals surface area contributed by atoms with Crippen molar-refractivity contribution in [2.75, 3.05) is 16.8 Å². The van der Waals surface area contributed by atoms with Crippen molar-refractivity contribution in [1.29, 1.82) is 0 Å². The summed E-state index contributed by atoms with van der Waals surface area (Å²) in [4.78, 5) is 21.9. The number of rotatable bonds is 5. The second-order valence-corrected chi connectivity index (χ2v) is 7.73. The number of oxime groups is 1. The van der Waals surface area contributed by atoms with E-state index in [-0.39, 0.29) is 0 Å². The predicted octanol–water partition coefficient (Wildman–Crippen LogP) is 4.77. The van der Waals surface area contributed by atoms with Gasteiger partial charge in [-0.2, -0.15) is 0 Å². The van der Waals surface area contributed by atoms with Crippen molar-refractivity contribution in [2.24, 2.45) is 5.16 Å². The number of carboxylic acid groups (broad SMARTS) is 1. The molecule has 0 radical (unpaired) electrons. The van der Waals surface area contributed by atoms with E-state index in [4.69, 9.17) is 4.98 Å². The fourth-order valence-electron chi connectivity index (χ4n) is 4.27. The molecule has 0 unspecified atom stereocenters. The lowest BCUT2D eigenvalue weighted by Gasteiger charge is -2.18. The van der Waals surface area contributed by atoms with Gasteiger partial charge in [0.05, 0.1) is 11.9 Å². The summed E-state index contributed by atoms with van der Waals surface area (Å²) in [5.41, 5.74) is 6.38. The molecule has 3 N–H and O–H groups in total. The van der Waals surface area contributed by atoms with E-state index in [1.165, 1.54) is 4.90 Å². The maximum atomic E-state index is 11.6. The average molecular weight is 442 g/mol. The first-order valence-electron chi connectivity index (χ1n) is 10.6. The van der Waals surface area contributed by atoms with Crippen molar-refractivity contribution in [1.82, 2.24) is 14.4 Å². The lowest BCUT2D eigenvalue weighted by atomic mass is 10.1. The van der Waals surface area contributed by atoms with Crippen LogP contribution in [0.25, 0.3) is 16.9 Å². The average Bonchev–Trinajstić information content (AvgIpc) is 3.41. The Morgan fingerprint density at radius 1 is 1.24 bits per heavy atom. The fourth-order valence-corrected chi connectivity index (χ4v) is 4.27. The van der Waals surface area contributed by atoms with Crippen LogP contribution in [0.3, 0.4) is 0 Å². The van der Waals surface area contributed by atoms with Crippen molar-refractivity contribution < 1.29 is 15.1 Å². The van der Waals surface area contributed by atoms with Crippen molar-refractivity contribution >= 4 is 34.6 Å². The van der Waals surface area contributed by atoms with Crippen molar-refractivity contribution in [3.8, 4) is 11.3 Å². The normalized spacial score (nSPS) is 13.9. The standard InChI is InChI=1S/C24H22N6O3/c1-2-29(24(31)32)18-5-3-4-16(13-18)22-23(30-11-10-25-14-21(30)27-22)26-17-7-8-19-15(12-17)6-9-20(19)28-33/h3-5,7-8,10-14,26,33H,2,6,9H2,1H3,(H,31,32)/b28-20+. The maximum absolute atomic E-state index is 11.6. The van der Waals surface area contributed by atoms with E-state index in [1.807, 2.05) is 40.9 Å². The SMILES string of the molecule is CCN(C(=O)O)c1cccc(-c2nc3cnccn3c2Nc2ccc3c(c2)CC/C3=N\O)c1. The number of amides is 1. The van der Waals surface area contributed by atoms with Gasteiger partial charge in [-0.25, -0.2) is 9.78 Å². The molecule has 2 aromatic heterocycles. The molecule has 0 bridgehead atoms. The number of hydrogen-bond acceptors (Lipinski definition) is 6. The van der Waals surface area contributed by atoms with E-state index in [1.54, 1.807) is 25.4 Å². The van der Waals surface area contributed by atoms with Crippen LogP contribution in [-0.2, 0) is 6.42 Å². The highest BCUT2D eigenvalue weighted by Gasteiger charge is 2.21. The number of nitrogens with one attached hydrogen (secondary N) is 1. The van der Waals surface area contributed by atoms with Gasteiger partial charge in [0.25, 0.3) is 0 Å². The summed E-state index contributed by atoms with van der Waals surface area (Å²) in [5.74, 6) is 0.747. The molecule has 1 amide bonds. The zero-order chi connectivity index (χ0) is 22.9. The Bertz CT molecular complexity index is 1390. The summed E-state index contributed by atoms with van der Waals surface area (Å²) in [6.07, 6.45) is 5.73. The van der Waals surface area contributed by atoms with Crippen LogP contribution in [0, 0.1) is 0 Å². The number of anilines is 3. The Balaban J connectivity index is 1.59. The number of benzene rings is 2. The lowest BCUT2D eigenvalue weighted by Crippen LogP contribution is -2.28. The van der Waals surface area contributed by atoms with Gasteiger partial charge in [0.2, 0.25) is 0 Å².